The summed E-state index contributed by atoms with van der Waals surface area (Å²) in [6, 6.07) is -0.673. The molecule has 8 heteroatoms. The number of aryl methyl sites for hydroxylation is 1. The second-order valence-corrected chi connectivity index (χ2v) is 8.07. The molecule has 2 rings (SSSR count). The number of nitrogens with one attached hydrogen (secondary N) is 2. The van der Waals surface area contributed by atoms with Gasteiger partial charge in [-0.15, -0.1) is 11.3 Å². The number of anilines is 1. The van der Waals surface area contributed by atoms with E-state index in [0.717, 1.165) is 4.88 Å². The highest BCUT2D eigenvalue weighted by Gasteiger charge is 2.33. The number of hydrogen-bond acceptors (Lipinski definition) is 6. The number of carbonyl (C=O) groups is 2. The molecule has 1 atom stereocenters. The molecule has 134 valence electrons. The number of thiazole rings is 1. The average Bonchev–Trinajstić information content (AvgIpc) is 2.89. The molecule has 1 fully saturated rings. The van der Waals surface area contributed by atoms with Gasteiger partial charge in [-0.3, -0.25) is 4.79 Å². The van der Waals surface area contributed by atoms with Crippen molar-refractivity contribution in [1.82, 2.24) is 10.3 Å². The van der Waals surface area contributed by atoms with Crippen LogP contribution in [0, 0.1) is 12.8 Å². The van der Waals surface area contributed by atoms with Gasteiger partial charge in [0.2, 0.25) is 5.91 Å². The van der Waals surface area contributed by atoms with Crippen LogP contribution in [-0.4, -0.2) is 41.8 Å². The van der Waals surface area contributed by atoms with Crippen LogP contribution in [-0.2, 0) is 14.3 Å². The Balaban J connectivity index is 2.06. The first-order chi connectivity index (χ1) is 11.2. The van der Waals surface area contributed by atoms with Gasteiger partial charge in [-0.1, -0.05) is 0 Å². The van der Waals surface area contributed by atoms with Crippen molar-refractivity contribution in [1.29, 1.82) is 0 Å². The molecule has 0 aromatic carbocycles. The van der Waals surface area contributed by atoms with Crippen LogP contribution in [0.5, 0.6) is 0 Å². The molecule has 1 aromatic rings. The summed E-state index contributed by atoms with van der Waals surface area (Å²) in [6.07, 6.45) is 2.53. The van der Waals surface area contributed by atoms with Crippen LogP contribution in [0.1, 0.15) is 38.5 Å². The first-order valence-corrected chi connectivity index (χ1v) is 8.87. The van der Waals surface area contributed by atoms with Crippen LogP contribution in [0.25, 0.3) is 0 Å². The summed E-state index contributed by atoms with van der Waals surface area (Å²) in [6.45, 7) is 8.45. The SMILES string of the molecule is Cc1cnc(NC(=O)[C@H](NC(=O)OC(C)(C)C)C2CCOCC2)s1. The van der Waals surface area contributed by atoms with E-state index in [1.165, 1.54) is 11.3 Å². The largest absolute Gasteiger partial charge is 0.444 e. The minimum absolute atomic E-state index is 0.00678. The maximum atomic E-state index is 12.7. The molecule has 1 aromatic heterocycles. The third-order valence-electron chi connectivity index (χ3n) is 3.54. The predicted octanol–water partition coefficient (Wildman–Crippen LogP) is 2.71. The summed E-state index contributed by atoms with van der Waals surface area (Å²) in [5, 5.41) is 6.03. The Morgan fingerprint density at radius 1 is 1.38 bits per heavy atom. The van der Waals surface area contributed by atoms with E-state index < -0.39 is 17.7 Å². The Hall–Kier alpha value is -1.67. The van der Waals surface area contributed by atoms with Crippen molar-refractivity contribution < 1.29 is 19.1 Å². The Kier molecular flexibility index (Phi) is 6.17. The second kappa shape index (κ2) is 7.94. The van der Waals surface area contributed by atoms with Gasteiger partial charge < -0.3 is 20.1 Å². The maximum Gasteiger partial charge on any atom is 0.408 e. The van der Waals surface area contributed by atoms with Gasteiger partial charge in [0.15, 0.2) is 5.13 Å². The first kappa shape index (κ1) is 18.7. The molecule has 2 amide bonds. The number of nitrogens with zero attached hydrogens (tertiary/aromatic N) is 1. The zero-order valence-corrected chi connectivity index (χ0v) is 15.4. The molecular weight excluding hydrogens is 330 g/mol. The molecule has 0 unspecified atom stereocenters. The lowest BCUT2D eigenvalue weighted by Gasteiger charge is -2.30. The van der Waals surface area contributed by atoms with E-state index in [9.17, 15) is 9.59 Å². The lowest BCUT2D eigenvalue weighted by Crippen LogP contribution is -2.51. The van der Waals surface area contributed by atoms with Gasteiger partial charge >= 0.3 is 6.09 Å². The molecule has 0 radical (unpaired) electrons. The second-order valence-electron chi connectivity index (χ2n) is 6.84. The van der Waals surface area contributed by atoms with Crippen molar-refractivity contribution in [3.63, 3.8) is 0 Å². The minimum Gasteiger partial charge on any atom is -0.444 e. The molecule has 0 aliphatic carbocycles. The summed E-state index contributed by atoms with van der Waals surface area (Å²) < 4.78 is 10.6. The molecule has 1 aliphatic rings. The van der Waals surface area contributed by atoms with Gasteiger partial charge in [-0.25, -0.2) is 9.78 Å². The molecule has 0 bridgehead atoms. The highest BCUT2D eigenvalue weighted by Crippen LogP contribution is 2.22. The molecule has 1 aliphatic heterocycles. The van der Waals surface area contributed by atoms with Crippen LogP contribution < -0.4 is 10.6 Å². The number of ether oxygens (including phenoxy) is 2. The van der Waals surface area contributed by atoms with Gasteiger partial charge in [-0.05, 0) is 46.5 Å². The first-order valence-electron chi connectivity index (χ1n) is 8.05. The summed E-state index contributed by atoms with van der Waals surface area (Å²) >= 11 is 1.40. The van der Waals surface area contributed by atoms with Gasteiger partial charge in [0.1, 0.15) is 11.6 Å². The number of rotatable bonds is 4. The summed E-state index contributed by atoms with van der Waals surface area (Å²) in [4.78, 5) is 29.9. The van der Waals surface area contributed by atoms with Crippen molar-refractivity contribution in [3.8, 4) is 0 Å². The Morgan fingerprint density at radius 3 is 2.58 bits per heavy atom. The summed E-state index contributed by atoms with van der Waals surface area (Å²) in [5.74, 6) is -0.269. The smallest absolute Gasteiger partial charge is 0.408 e. The molecule has 2 N–H and O–H groups in total. The van der Waals surface area contributed by atoms with Gasteiger partial charge in [0.05, 0.1) is 0 Å². The lowest BCUT2D eigenvalue weighted by atomic mass is 9.91. The average molecular weight is 355 g/mol. The van der Waals surface area contributed by atoms with Crippen LogP contribution >= 0.6 is 11.3 Å². The maximum absolute atomic E-state index is 12.7. The third-order valence-corrected chi connectivity index (χ3v) is 4.37. The fraction of sp³-hybridized carbons (Fsp3) is 0.688. The van der Waals surface area contributed by atoms with E-state index in [-0.39, 0.29) is 11.8 Å². The fourth-order valence-corrected chi connectivity index (χ4v) is 3.14. The van der Waals surface area contributed by atoms with Crippen molar-refractivity contribution >= 4 is 28.5 Å². The topological polar surface area (TPSA) is 89.6 Å². The van der Waals surface area contributed by atoms with E-state index in [4.69, 9.17) is 9.47 Å². The zero-order chi connectivity index (χ0) is 17.7. The number of alkyl carbamates (subject to hydrolysis) is 1. The molecule has 24 heavy (non-hydrogen) atoms. The van der Waals surface area contributed by atoms with E-state index >= 15 is 0 Å². The lowest BCUT2D eigenvalue weighted by molar-refractivity contribution is -0.120. The van der Waals surface area contributed by atoms with Gasteiger partial charge in [-0.2, -0.15) is 0 Å². The molecule has 0 saturated carbocycles. The number of amides is 2. The van der Waals surface area contributed by atoms with Crippen LogP contribution in [0.3, 0.4) is 0 Å². The number of hydrogen-bond donors (Lipinski definition) is 2. The summed E-state index contributed by atoms with van der Waals surface area (Å²) in [7, 11) is 0. The molecule has 2 heterocycles. The van der Waals surface area contributed by atoms with Crippen molar-refractivity contribution in [2.75, 3.05) is 18.5 Å². The highest BCUT2D eigenvalue weighted by atomic mass is 32.1. The summed E-state index contributed by atoms with van der Waals surface area (Å²) in [5.41, 5.74) is -0.618. The van der Waals surface area contributed by atoms with Gasteiger partial charge in [0.25, 0.3) is 0 Å². The van der Waals surface area contributed by atoms with Crippen molar-refractivity contribution in [2.45, 2.75) is 52.2 Å². The minimum atomic E-state index is -0.673. The van der Waals surface area contributed by atoms with Crippen LogP contribution in [0.15, 0.2) is 6.20 Å². The Bertz CT molecular complexity index is 576. The fourth-order valence-electron chi connectivity index (χ4n) is 2.48. The van der Waals surface area contributed by atoms with E-state index in [0.29, 0.717) is 31.2 Å². The van der Waals surface area contributed by atoms with Gasteiger partial charge in [0, 0.05) is 24.3 Å². The monoisotopic (exact) mass is 355 g/mol. The quantitative estimate of drug-likeness (QED) is 0.867. The molecule has 1 saturated heterocycles. The highest BCUT2D eigenvalue weighted by molar-refractivity contribution is 7.15. The Labute approximate surface area is 146 Å². The standard InChI is InChI=1S/C16H25N3O4S/c1-10-9-17-14(24-10)19-13(20)12(11-5-7-22-8-6-11)18-15(21)23-16(2,3)4/h9,11-12H,5-8H2,1-4H3,(H,18,21)(H,17,19,20)/t12-/m1/s1. The molecular formula is C16H25N3O4S. The third kappa shape index (κ3) is 5.76. The van der Waals surface area contributed by atoms with E-state index in [1.807, 2.05) is 6.92 Å². The number of carbonyl (C=O) groups excluding carboxylic acids is 2. The number of aromatic nitrogens is 1. The van der Waals surface area contributed by atoms with Crippen LogP contribution in [0.4, 0.5) is 9.93 Å². The molecule has 7 nitrogen and oxygen atoms in total. The van der Waals surface area contributed by atoms with Crippen molar-refractivity contribution in [3.05, 3.63) is 11.1 Å². The Morgan fingerprint density at radius 2 is 2.04 bits per heavy atom. The van der Waals surface area contributed by atoms with E-state index in [1.54, 1.807) is 27.0 Å². The molecule has 0 spiro atoms. The van der Waals surface area contributed by atoms with E-state index in [2.05, 4.69) is 15.6 Å². The predicted molar refractivity (Wildman–Crippen MR) is 92.2 cm³/mol. The zero-order valence-electron chi connectivity index (χ0n) is 14.5. The van der Waals surface area contributed by atoms with Crippen molar-refractivity contribution in [2.24, 2.45) is 5.92 Å². The normalized spacial score (nSPS) is 17.2. The van der Waals surface area contributed by atoms with Crippen LogP contribution in [0.2, 0.25) is 0 Å².